The van der Waals surface area contributed by atoms with Crippen molar-refractivity contribution in [1.82, 2.24) is 0 Å². The molecule has 0 radical (unpaired) electrons. The SMILES string of the molecule is C[N+](Cc1ccccc1)=S(F)F. The third kappa shape index (κ3) is 2.70. The van der Waals surface area contributed by atoms with Crippen LogP contribution in [0.1, 0.15) is 5.56 Å². The standard InChI is InChI=1S/C8H10F2NS/c1-11(12(9)10)7-8-5-3-2-4-6-8/h2-6H,7H2,1H3/q+1. The van der Waals surface area contributed by atoms with Gasteiger partial charge in [0.25, 0.3) is 0 Å². The summed E-state index contributed by atoms with van der Waals surface area (Å²) < 4.78 is 25.2. The maximum atomic E-state index is 12.1. The summed E-state index contributed by atoms with van der Waals surface area (Å²) in [4.78, 5) is 0. The monoisotopic (exact) mass is 190 g/mol. The van der Waals surface area contributed by atoms with Crippen LogP contribution in [0, 0.1) is 0 Å². The molecule has 0 amide bonds. The average molecular weight is 190 g/mol. The number of nitrogens with zero attached hydrogens (tertiary/aromatic N) is 1. The second-order valence-corrected chi connectivity index (χ2v) is 3.48. The van der Waals surface area contributed by atoms with E-state index in [4.69, 9.17) is 0 Å². The highest BCUT2D eigenvalue weighted by atomic mass is 32.2. The molecular weight excluding hydrogens is 180 g/mol. The largest absolute Gasteiger partial charge is 0.424 e. The molecule has 0 fully saturated rings. The minimum atomic E-state index is -2.63. The molecule has 66 valence electrons. The van der Waals surface area contributed by atoms with Crippen molar-refractivity contribution in [2.75, 3.05) is 7.05 Å². The van der Waals surface area contributed by atoms with Crippen molar-refractivity contribution in [1.29, 1.82) is 0 Å². The number of hydrogen-bond acceptors (Lipinski definition) is 0. The van der Waals surface area contributed by atoms with E-state index in [0.717, 1.165) is 9.51 Å². The summed E-state index contributed by atoms with van der Waals surface area (Å²) in [5.74, 6) is 0. The molecule has 12 heavy (non-hydrogen) atoms. The highest BCUT2D eigenvalue weighted by Crippen LogP contribution is 2.01. The van der Waals surface area contributed by atoms with Gasteiger partial charge in [-0.3, -0.25) is 0 Å². The zero-order valence-electron chi connectivity index (χ0n) is 6.71. The Hall–Kier alpha value is -0.770. The maximum Gasteiger partial charge on any atom is 0.424 e. The minimum absolute atomic E-state index is 0.303. The Bertz CT molecular complexity index is 280. The molecule has 0 unspecified atom stereocenters. The van der Waals surface area contributed by atoms with Gasteiger partial charge in [-0.15, -0.1) is 0 Å². The zero-order chi connectivity index (χ0) is 8.97. The highest BCUT2D eigenvalue weighted by molar-refractivity contribution is 7.74. The maximum absolute atomic E-state index is 12.1. The molecular formula is C8H10F2NS+. The molecule has 0 aromatic heterocycles. The van der Waals surface area contributed by atoms with Gasteiger partial charge < -0.3 is 0 Å². The third-order valence-electron chi connectivity index (χ3n) is 1.48. The molecule has 0 spiro atoms. The van der Waals surface area contributed by atoms with Gasteiger partial charge in [-0.25, -0.2) is 0 Å². The highest BCUT2D eigenvalue weighted by Gasteiger charge is 2.06. The summed E-state index contributed by atoms with van der Waals surface area (Å²) in [6.45, 7) is 0.303. The number of rotatable bonds is 2. The van der Waals surface area contributed by atoms with E-state index in [9.17, 15) is 7.77 Å². The van der Waals surface area contributed by atoms with Crippen LogP contribution in [0.15, 0.2) is 30.3 Å². The summed E-state index contributed by atoms with van der Waals surface area (Å²) in [6, 6.07) is 9.23. The van der Waals surface area contributed by atoms with Crippen molar-refractivity contribution < 1.29 is 11.7 Å². The van der Waals surface area contributed by atoms with Gasteiger partial charge in [0.1, 0.15) is 7.05 Å². The van der Waals surface area contributed by atoms with Crippen LogP contribution in [-0.4, -0.2) is 11.0 Å². The van der Waals surface area contributed by atoms with Crippen molar-refractivity contribution >= 4 is 11.5 Å². The lowest BCUT2D eigenvalue weighted by Crippen LogP contribution is -2.05. The van der Waals surface area contributed by atoms with E-state index in [1.54, 1.807) is 0 Å². The van der Waals surface area contributed by atoms with E-state index in [-0.39, 0.29) is 0 Å². The Morgan fingerprint density at radius 1 is 1.25 bits per heavy atom. The molecule has 1 nitrogen and oxygen atoms in total. The molecule has 0 aliphatic heterocycles. The first-order valence-electron chi connectivity index (χ1n) is 3.52. The zero-order valence-corrected chi connectivity index (χ0v) is 7.52. The predicted octanol–water partition coefficient (Wildman–Crippen LogP) is 2.40. The Labute approximate surface area is 73.3 Å². The quantitative estimate of drug-likeness (QED) is 0.630. The molecule has 1 rings (SSSR count). The van der Waals surface area contributed by atoms with Crippen LogP contribution < -0.4 is 0 Å². The van der Waals surface area contributed by atoms with E-state index >= 15 is 0 Å². The summed E-state index contributed by atoms with van der Waals surface area (Å²) >= 11 is -2.63. The summed E-state index contributed by atoms with van der Waals surface area (Å²) in [5.41, 5.74) is 0.910. The van der Waals surface area contributed by atoms with E-state index in [1.165, 1.54) is 7.05 Å². The average Bonchev–Trinajstić information content (AvgIpc) is 2.06. The van der Waals surface area contributed by atoms with E-state index in [1.807, 2.05) is 30.3 Å². The molecule has 0 heterocycles. The van der Waals surface area contributed by atoms with Gasteiger partial charge in [-0.2, -0.15) is 3.95 Å². The van der Waals surface area contributed by atoms with Crippen LogP contribution >= 0.6 is 0 Å². The lowest BCUT2D eigenvalue weighted by molar-refractivity contribution is -0.492. The molecule has 1 aromatic rings. The van der Waals surface area contributed by atoms with Crippen LogP contribution in [0.3, 0.4) is 0 Å². The molecule has 0 bridgehead atoms. The fourth-order valence-corrected chi connectivity index (χ4v) is 1.14. The second kappa shape index (κ2) is 4.30. The van der Waals surface area contributed by atoms with Gasteiger partial charge in [0.15, 0.2) is 6.54 Å². The van der Waals surface area contributed by atoms with Crippen LogP contribution in [0.25, 0.3) is 0 Å². The van der Waals surface area contributed by atoms with E-state index in [0.29, 0.717) is 6.54 Å². The summed E-state index contributed by atoms with van der Waals surface area (Å²) in [6.07, 6.45) is 0. The van der Waals surface area contributed by atoms with Crippen molar-refractivity contribution in [3.63, 3.8) is 0 Å². The van der Waals surface area contributed by atoms with Gasteiger partial charge in [-0.05, 0) is 0 Å². The van der Waals surface area contributed by atoms with Crippen LogP contribution in [0.5, 0.6) is 0 Å². The molecule has 0 aliphatic carbocycles. The molecule has 0 aliphatic rings. The Balaban J connectivity index is 2.72. The van der Waals surface area contributed by atoms with E-state index in [2.05, 4.69) is 0 Å². The van der Waals surface area contributed by atoms with Crippen molar-refractivity contribution in [2.24, 2.45) is 0 Å². The van der Waals surface area contributed by atoms with Gasteiger partial charge in [0.2, 0.25) is 0 Å². The Morgan fingerprint density at radius 3 is 2.33 bits per heavy atom. The van der Waals surface area contributed by atoms with E-state index < -0.39 is 11.5 Å². The number of halogens is 2. The smallest absolute Gasteiger partial charge is 0.153 e. The first kappa shape index (κ1) is 9.32. The lowest BCUT2D eigenvalue weighted by Gasteiger charge is -1.94. The van der Waals surface area contributed by atoms with Gasteiger partial charge in [0, 0.05) is 5.56 Å². The molecule has 0 saturated heterocycles. The van der Waals surface area contributed by atoms with Crippen molar-refractivity contribution in [3.8, 4) is 0 Å². The first-order chi connectivity index (χ1) is 5.70. The molecule has 1 aromatic carbocycles. The molecule has 4 heteroatoms. The summed E-state index contributed by atoms with van der Waals surface area (Å²) in [5, 5.41) is 0. The van der Waals surface area contributed by atoms with Crippen LogP contribution in [0.2, 0.25) is 0 Å². The Kier molecular flexibility index (Phi) is 3.34. The number of hydrogen-bond donors (Lipinski definition) is 0. The van der Waals surface area contributed by atoms with Crippen LogP contribution in [0.4, 0.5) is 7.77 Å². The van der Waals surface area contributed by atoms with Crippen LogP contribution in [-0.2, 0) is 18.0 Å². The Morgan fingerprint density at radius 2 is 1.83 bits per heavy atom. The second-order valence-electron chi connectivity index (χ2n) is 2.47. The predicted molar refractivity (Wildman–Crippen MR) is 45.9 cm³/mol. The lowest BCUT2D eigenvalue weighted by atomic mass is 10.2. The molecule has 0 saturated carbocycles. The number of benzene rings is 1. The topological polar surface area (TPSA) is 3.01 Å². The van der Waals surface area contributed by atoms with Gasteiger partial charge >= 0.3 is 11.5 Å². The normalized spacial score (nSPS) is 10.3. The van der Waals surface area contributed by atoms with Gasteiger partial charge in [-0.1, -0.05) is 38.1 Å². The fraction of sp³-hybridized carbons (Fsp3) is 0.250. The molecule has 0 atom stereocenters. The minimum Gasteiger partial charge on any atom is -0.153 e. The fourth-order valence-electron chi connectivity index (χ4n) is 0.889. The van der Waals surface area contributed by atoms with Gasteiger partial charge in [0.05, 0.1) is 0 Å². The third-order valence-corrected chi connectivity index (χ3v) is 2.08. The van der Waals surface area contributed by atoms with Crippen molar-refractivity contribution in [3.05, 3.63) is 35.9 Å². The van der Waals surface area contributed by atoms with Crippen molar-refractivity contribution in [2.45, 2.75) is 6.54 Å². The first-order valence-corrected chi connectivity index (χ1v) is 4.50. The summed E-state index contributed by atoms with van der Waals surface area (Å²) in [7, 11) is 1.41. The molecule has 0 N–H and O–H groups in total.